The van der Waals surface area contributed by atoms with Gasteiger partial charge in [0.15, 0.2) is 8.32 Å². The molecular formula is C20H32O6SSi. The molecule has 0 heterocycles. The van der Waals surface area contributed by atoms with Crippen LogP contribution in [0, 0.1) is 6.92 Å². The molecule has 0 unspecified atom stereocenters. The summed E-state index contributed by atoms with van der Waals surface area (Å²) in [6.45, 7) is 14.0. The Balaban J connectivity index is 3.16. The summed E-state index contributed by atoms with van der Waals surface area (Å²) in [5, 5.41) is -0.0618. The third-order valence-corrected chi connectivity index (χ3v) is 10.8. The molecule has 28 heavy (non-hydrogen) atoms. The fraction of sp³-hybridized carbons (Fsp3) is 0.550. The molecule has 6 nitrogen and oxygen atoms in total. The van der Waals surface area contributed by atoms with E-state index in [0.717, 1.165) is 11.6 Å². The van der Waals surface area contributed by atoms with Crippen LogP contribution in [0.4, 0.5) is 0 Å². The van der Waals surface area contributed by atoms with Gasteiger partial charge in [0.05, 0.1) is 18.1 Å². The van der Waals surface area contributed by atoms with Gasteiger partial charge >= 0.3 is 5.97 Å². The number of benzene rings is 1. The predicted octanol–water partition coefficient (Wildman–Crippen LogP) is 4.21. The molecule has 0 N–H and O–H groups in total. The number of aryl methyl sites for hydroxylation is 1. The second-order valence-corrected chi connectivity index (χ2v) is 14.6. The van der Waals surface area contributed by atoms with Crippen molar-refractivity contribution in [3.8, 4) is 0 Å². The maximum Gasteiger partial charge on any atom is 0.330 e. The Morgan fingerprint density at radius 1 is 1.14 bits per heavy atom. The van der Waals surface area contributed by atoms with Crippen LogP contribution in [0.1, 0.15) is 33.3 Å². The van der Waals surface area contributed by atoms with E-state index in [1.807, 2.05) is 6.92 Å². The molecule has 0 aliphatic heterocycles. The monoisotopic (exact) mass is 428 g/mol. The summed E-state index contributed by atoms with van der Waals surface area (Å²) in [4.78, 5) is 11.6. The van der Waals surface area contributed by atoms with Gasteiger partial charge in [-0.3, -0.25) is 4.18 Å². The molecule has 0 fully saturated rings. The lowest BCUT2D eigenvalue weighted by atomic mass is 10.2. The largest absolute Gasteiger partial charge is 0.466 e. The van der Waals surface area contributed by atoms with Crippen LogP contribution in [0.3, 0.4) is 0 Å². The van der Waals surface area contributed by atoms with Gasteiger partial charge in [-0.25, -0.2) is 4.79 Å². The summed E-state index contributed by atoms with van der Waals surface area (Å²) < 4.78 is 41.8. The highest BCUT2D eigenvalue weighted by molar-refractivity contribution is 7.86. The number of carbonyl (C=O) groups is 1. The molecule has 2 atom stereocenters. The first kappa shape index (κ1) is 24.6. The summed E-state index contributed by atoms with van der Waals surface area (Å²) in [5.74, 6) is -0.596. The van der Waals surface area contributed by atoms with E-state index in [1.54, 1.807) is 19.1 Å². The van der Waals surface area contributed by atoms with Gasteiger partial charge in [-0.1, -0.05) is 38.5 Å². The maximum absolute atomic E-state index is 12.7. The first-order valence-electron chi connectivity index (χ1n) is 9.13. The van der Waals surface area contributed by atoms with Crippen LogP contribution in [0.25, 0.3) is 0 Å². The number of hydrogen-bond acceptors (Lipinski definition) is 6. The minimum absolute atomic E-state index is 0.0501. The van der Waals surface area contributed by atoms with Gasteiger partial charge in [0, 0.05) is 6.08 Å². The Labute approximate surface area is 170 Å². The van der Waals surface area contributed by atoms with Crippen molar-refractivity contribution < 1.29 is 26.6 Å². The van der Waals surface area contributed by atoms with Crippen molar-refractivity contribution in [2.75, 3.05) is 7.11 Å². The predicted molar refractivity (Wildman–Crippen MR) is 112 cm³/mol. The SMILES string of the molecule is COC(=O)/C=C\[C@@H](OS(=O)(=O)c1ccc(C)cc1)[C@@H](C)O[Si](C)(C)C(C)(C)C. The third kappa shape index (κ3) is 6.84. The summed E-state index contributed by atoms with van der Waals surface area (Å²) in [7, 11) is -4.97. The average molecular weight is 429 g/mol. The topological polar surface area (TPSA) is 78.9 Å². The molecular weight excluding hydrogens is 396 g/mol. The zero-order valence-electron chi connectivity index (χ0n) is 18.0. The van der Waals surface area contributed by atoms with Gasteiger partial charge in [-0.15, -0.1) is 0 Å². The minimum atomic E-state index is -4.03. The van der Waals surface area contributed by atoms with E-state index in [1.165, 1.54) is 25.3 Å². The number of ether oxygens (including phenoxy) is 1. The maximum atomic E-state index is 12.7. The molecule has 0 aliphatic rings. The number of carbonyl (C=O) groups excluding carboxylic acids is 1. The van der Waals surface area contributed by atoms with Gasteiger partial charge < -0.3 is 9.16 Å². The van der Waals surface area contributed by atoms with Gasteiger partial charge in [0.2, 0.25) is 0 Å². The smallest absolute Gasteiger partial charge is 0.330 e. The normalized spacial score (nSPS) is 15.4. The third-order valence-electron chi connectivity index (χ3n) is 4.92. The van der Waals surface area contributed by atoms with Crippen LogP contribution >= 0.6 is 0 Å². The second-order valence-electron chi connectivity index (χ2n) is 8.29. The second kappa shape index (κ2) is 9.34. The van der Waals surface area contributed by atoms with Crippen LogP contribution < -0.4 is 0 Å². The van der Waals surface area contributed by atoms with Gasteiger partial charge in [0.1, 0.15) is 6.10 Å². The molecule has 0 spiro atoms. The number of methoxy groups -OCH3 is 1. The van der Waals surface area contributed by atoms with Crippen LogP contribution in [-0.4, -0.2) is 42.0 Å². The Hall–Kier alpha value is -1.48. The van der Waals surface area contributed by atoms with E-state index in [4.69, 9.17) is 8.61 Å². The van der Waals surface area contributed by atoms with E-state index in [2.05, 4.69) is 38.6 Å². The number of hydrogen-bond donors (Lipinski definition) is 0. The first-order chi connectivity index (χ1) is 12.7. The molecule has 0 saturated heterocycles. The summed E-state index contributed by atoms with van der Waals surface area (Å²) in [6, 6.07) is 6.38. The van der Waals surface area contributed by atoms with Gasteiger partial charge in [0.25, 0.3) is 10.1 Å². The van der Waals surface area contributed by atoms with Crippen molar-refractivity contribution in [2.24, 2.45) is 0 Å². The number of rotatable bonds is 8. The van der Waals surface area contributed by atoms with Crippen molar-refractivity contribution in [2.45, 2.75) is 69.9 Å². The standard InChI is InChI=1S/C20H32O6SSi/c1-15-9-11-17(12-10-15)27(22,23)25-18(13-14-19(21)24-6)16(2)26-28(7,8)20(3,4)5/h9-14,16,18H,1-8H3/b14-13-/t16-,18-/m1/s1. The molecule has 0 bridgehead atoms. The Bertz CT molecular complexity index is 791. The van der Waals surface area contributed by atoms with E-state index < -0.39 is 36.6 Å². The lowest BCUT2D eigenvalue weighted by Crippen LogP contribution is -2.46. The Morgan fingerprint density at radius 2 is 1.68 bits per heavy atom. The molecule has 0 saturated carbocycles. The van der Waals surface area contributed by atoms with Crippen LogP contribution in [0.15, 0.2) is 41.3 Å². The molecule has 0 amide bonds. The minimum Gasteiger partial charge on any atom is -0.466 e. The zero-order valence-corrected chi connectivity index (χ0v) is 19.8. The highest BCUT2D eigenvalue weighted by Gasteiger charge is 2.40. The highest BCUT2D eigenvalue weighted by atomic mass is 32.2. The highest BCUT2D eigenvalue weighted by Crippen LogP contribution is 2.38. The molecule has 0 aliphatic carbocycles. The van der Waals surface area contributed by atoms with Crippen molar-refractivity contribution in [1.82, 2.24) is 0 Å². The first-order valence-corrected chi connectivity index (χ1v) is 13.5. The fourth-order valence-corrected chi connectivity index (χ4v) is 4.63. The molecule has 158 valence electrons. The molecule has 8 heteroatoms. The summed E-state index contributed by atoms with van der Waals surface area (Å²) in [5.41, 5.74) is 0.940. The molecule has 1 aromatic rings. The molecule has 0 radical (unpaired) electrons. The van der Waals surface area contributed by atoms with Crippen molar-refractivity contribution >= 4 is 24.4 Å². The van der Waals surface area contributed by atoms with E-state index >= 15 is 0 Å². The summed E-state index contributed by atoms with van der Waals surface area (Å²) >= 11 is 0. The van der Waals surface area contributed by atoms with E-state index in [-0.39, 0.29) is 9.93 Å². The van der Waals surface area contributed by atoms with Crippen molar-refractivity contribution in [3.63, 3.8) is 0 Å². The van der Waals surface area contributed by atoms with Gasteiger partial charge in [-0.05, 0) is 50.2 Å². The Kier molecular flexibility index (Phi) is 8.19. The quantitative estimate of drug-likeness (QED) is 0.267. The van der Waals surface area contributed by atoms with Crippen LogP contribution in [-0.2, 0) is 28.3 Å². The van der Waals surface area contributed by atoms with Gasteiger partial charge in [-0.2, -0.15) is 8.42 Å². The molecule has 1 rings (SSSR count). The van der Waals surface area contributed by atoms with Crippen molar-refractivity contribution in [3.05, 3.63) is 42.0 Å². The van der Waals surface area contributed by atoms with Crippen LogP contribution in [0.5, 0.6) is 0 Å². The van der Waals surface area contributed by atoms with E-state index in [0.29, 0.717) is 0 Å². The van der Waals surface area contributed by atoms with Crippen LogP contribution in [0.2, 0.25) is 18.1 Å². The number of esters is 1. The Morgan fingerprint density at radius 3 is 2.14 bits per heavy atom. The lowest BCUT2D eigenvalue weighted by molar-refractivity contribution is -0.134. The molecule has 1 aromatic carbocycles. The lowest BCUT2D eigenvalue weighted by Gasteiger charge is -2.39. The summed E-state index contributed by atoms with van der Waals surface area (Å²) in [6.07, 6.45) is 0.970. The molecule has 0 aromatic heterocycles. The van der Waals surface area contributed by atoms with E-state index in [9.17, 15) is 13.2 Å². The fourth-order valence-electron chi connectivity index (χ4n) is 2.12. The van der Waals surface area contributed by atoms with Crippen molar-refractivity contribution in [1.29, 1.82) is 0 Å². The zero-order chi connectivity index (χ0) is 21.8. The average Bonchev–Trinajstić information content (AvgIpc) is 2.57.